The highest BCUT2D eigenvalue weighted by atomic mass is 16.4. The molecule has 3 rings (SSSR count). The summed E-state index contributed by atoms with van der Waals surface area (Å²) < 4.78 is 5.57. The third kappa shape index (κ3) is 2.68. The second-order valence-corrected chi connectivity index (χ2v) is 5.13. The highest BCUT2D eigenvalue weighted by Gasteiger charge is 2.28. The molecule has 1 N–H and O–H groups in total. The van der Waals surface area contributed by atoms with E-state index in [0.29, 0.717) is 0 Å². The molecule has 0 radical (unpaired) electrons. The van der Waals surface area contributed by atoms with Gasteiger partial charge in [0.05, 0.1) is 18.8 Å². The molecule has 1 atom stereocenters. The maximum absolute atomic E-state index is 5.57. The predicted octanol–water partition coefficient (Wildman–Crippen LogP) is 2.14. The van der Waals surface area contributed by atoms with Crippen LogP contribution in [-0.2, 0) is 6.54 Å². The van der Waals surface area contributed by atoms with E-state index in [9.17, 15) is 0 Å². The number of piperidine rings is 1. The summed E-state index contributed by atoms with van der Waals surface area (Å²) in [4.78, 5) is 11.1. The monoisotopic (exact) mass is 261 g/mol. The van der Waals surface area contributed by atoms with Crippen LogP contribution in [0.1, 0.15) is 48.6 Å². The van der Waals surface area contributed by atoms with E-state index in [1.54, 1.807) is 6.20 Å². The fourth-order valence-corrected chi connectivity index (χ4v) is 2.63. The molecule has 2 aromatic heterocycles. The number of aromatic nitrogens is 4. The Hall–Kier alpha value is -1.69. The average molecular weight is 261 g/mol. The third-order valence-corrected chi connectivity index (χ3v) is 3.53. The van der Waals surface area contributed by atoms with E-state index in [2.05, 4.69) is 25.1 Å². The Morgan fingerprint density at radius 1 is 1.42 bits per heavy atom. The topological polar surface area (TPSA) is 70.8 Å². The molecule has 0 aliphatic carbocycles. The zero-order valence-corrected chi connectivity index (χ0v) is 11.4. The first-order valence-electron chi connectivity index (χ1n) is 6.76. The van der Waals surface area contributed by atoms with Crippen molar-refractivity contribution in [3.8, 4) is 0 Å². The molecule has 1 aliphatic heterocycles. The van der Waals surface area contributed by atoms with Gasteiger partial charge in [0.25, 0.3) is 0 Å². The number of H-pyrrole nitrogens is 1. The molecule has 102 valence electrons. The number of rotatable bonds is 3. The first-order chi connectivity index (χ1) is 9.22. The number of hydrogen-bond acceptors (Lipinski definition) is 5. The Balaban J connectivity index is 1.77. The van der Waals surface area contributed by atoms with Crippen LogP contribution in [0, 0.1) is 13.8 Å². The van der Waals surface area contributed by atoms with Gasteiger partial charge in [0, 0.05) is 0 Å². The molecular weight excluding hydrogens is 242 g/mol. The molecule has 1 fully saturated rings. The number of aromatic amines is 1. The summed E-state index contributed by atoms with van der Waals surface area (Å²) in [5, 5.41) is 7.24. The van der Waals surface area contributed by atoms with Crippen LogP contribution in [0.5, 0.6) is 0 Å². The van der Waals surface area contributed by atoms with E-state index in [0.717, 1.165) is 42.8 Å². The first-order valence-corrected chi connectivity index (χ1v) is 6.76. The Labute approximate surface area is 112 Å². The van der Waals surface area contributed by atoms with Gasteiger partial charge in [0.15, 0.2) is 5.82 Å². The highest BCUT2D eigenvalue weighted by molar-refractivity contribution is 4.99. The molecule has 6 heteroatoms. The van der Waals surface area contributed by atoms with Gasteiger partial charge in [-0.25, -0.2) is 9.97 Å². The van der Waals surface area contributed by atoms with Gasteiger partial charge in [-0.05, 0) is 33.2 Å². The summed E-state index contributed by atoms with van der Waals surface area (Å²) >= 11 is 0. The van der Waals surface area contributed by atoms with Crippen LogP contribution in [0.3, 0.4) is 0 Å². The van der Waals surface area contributed by atoms with Gasteiger partial charge in [-0.1, -0.05) is 6.42 Å². The Kier molecular flexibility index (Phi) is 3.33. The van der Waals surface area contributed by atoms with Crippen molar-refractivity contribution in [2.45, 2.75) is 45.7 Å². The number of hydrogen-bond donors (Lipinski definition) is 1. The van der Waals surface area contributed by atoms with Crippen LogP contribution in [-0.4, -0.2) is 31.6 Å². The van der Waals surface area contributed by atoms with E-state index in [4.69, 9.17) is 4.42 Å². The molecule has 0 amide bonds. The van der Waals surface area contributed by atoms with Crippen LogP contribution >= 0.6 is 0 Å². The summed E-state index contributed by atoms with van der Waals surface area (Å²) in [6.07, 6.45) is 5.29. The summed E-state index contributed by atoms with van der Waals surface area (Å²) in [5.74, 6) is 3.39. The van der Waals surface area contributed by atoms with Gasteiger partial charge in [0.1, 0.15) is 11.6 Å². The minimum Gasteiger partial charge on any atom is -0.445 e. The maximum Gasteiger partial charge on any atom is 0.208 e. The summed E-state index contributed by atoms with van der Waals surface area (Å²) in [6.45, 7) is 5.62. The molecular formula is C13H19N5O. The van der Waals surface area contributed by atoms with Gasteiger partial charge < -0.3 is 4.42 Å². The summed E-state index contributed by atoms with van der Waals surface area (Å²) in [7, 11) is 0. The second kappa shape index (κ2) is 5.13. The molecule has 6 nitrogen and oxygen atoms in total. The number of likely N-dealkylation sites (tertiary alicyclic amines) is 1. The second-order valence-electron chi connectivity index (χ2n) is 5.13. The first kappa shape index (κ1) is 12.3. The molecule has 1 saturated heterocycles. The van der Waals surface area contributed by atoms with E-state index >= 15 is 0 Å². The van der Waals surface area contributed by atoms with E-state index in [-0.39, 0.29) is 6.04 Å². The molecule has 0 aromatic carbocycles. The number of nitrogens with zero attached hydrogens (tertiary/aromatic N) is 4. The Morgan fingerprint density at radius 3 is 3.00 bits per heavy atom. The maximum atomic E-state index is 5.57. The fourth-order valence-electron chi connectivity index (χ4n) is 2.63. The Bertz CT molecular complexity index is 547. The molecule has 0 bridgehead atoms. The van der Waals surface area contributed by atoms with Gasteiger partial charge in [0.2, 0.25) is 5.89 Å². The molecule has 3 heterocycles. The van der Waals surface area contributed by atoms with Gasteiger partial charge in [-0.3, -0.25) is 10.00 Å². The van der Waals surface area contributed by atoms with Crippen molar-refractivity contribution in [1.82, 2.24) is 25.1 Å². The number of nitrogens with one attached hydrogen (secondary N) is 1. The van der Waals surface area contributed by atoms with E-state index in [1.165, 1.54) is 12.8 Å². The lowest BCUT2D eigenvalue weighted by Gasteiger charge is -2.32. The standard InChI is InChI=1S/C13H19N5O/c1-9-7-14-12(19-9)8-18-6-4-3-5-11(18)13-15-10(2)16-17-13/h7,11H,3-6,8H2,1-2H3,(H,15,16,17)/t11-/m1/s1. The minimum atomic E-state index is 0.269. The van der Waals surface area contributed by atoms with Crippen molar-refractivity contribution in [3.05, 3.63) is 29.5 Å². The lowest BCUT2D eigenvalue weighted by Crippen LogP contribution is -2.33. The molecule has 1 aliphatic rings. The highest BCUT2D eigenvalue weighted by Crippen LogP contribution is 2.30. The van der Waals surface area contributed by atoms with Gasteiger partial charge in [-0.2, -0.15) is 5.10 Å². The SMILES string of the molecule is Cc1nc([C@H]2CCCCN2Cc2ncc(C)o2)n[nH]1. The Morgan fingerprint density at radius 2 is 2.32 bits per heavy atom. The van der Waals surface area contributed by atoms with E-state index in [1.807, 2.05) is 13.8 Å². The lowest BCUT2D eigenvalue weighted by atomic mass is 10.0. The molecule has 0 saturated carbocycles. The molecule has 2 aromatic rings. The fraction of sp³-hybridized carbons (Fsp3) is 0.615. The van der Waals surface area contributed by atoms with Crippen molar-refractivity contribution in [2.75, 3.05) is 6.54 Å². The zero-order chi connectivity index (χ0) is 13.2. The van der Waals surface area contributed by atoms with Crippen LogP contribution in [0.4, 0.5) is 0 Å². The van der Waals surface area contributed by atoms with Gasteiger partial charge >= 0.3 is 0 Å². The molecule has 0 spiro atoms. The largest absolute Gasteiger partial charge is 0.445 e. The van der Waals surface area contributed by atoms with Crippen LogP contribution < -0.4 is 0 Å². The van der Waals surface area contributed by atoms with Crippen molar-refractivity contribution < 1.29 is 4.42 Å². The quantitative estimate of drug-likeness (QED) is 0.916. The minimum absolute atomic E-state index is 0.269. The third-order valence-electron chi connectivity index (χ3n) is 3.53. The van der Waals surface area contributed by atoms with Gasteiger partial charge in [-0.15, -0.1) is 0 Å². The van der Waals surface area contributed by atoms with Crippen LogP contribution in [0.25, 0.3) is 0 Å². The summed E-state index contributed by atoms with van der Waals surface area (Å²) in [5.41, 5.74) is 0. The predicted molar refractivity (Wildman–Crippen MR) is 69.4 cm³/mol. The lowest BCUT2D eigenvalue weighted by molar-refractivity contribution is 0.121. The van der Waals surface area contributed by atoms with E-state index < -0.39 is 0 Å². The van der Waals surface area contributed by atoms with Crippen LogP contribution in [0.15, 0.2) is 10.6 Å². The van der Waals surface area contributed by atoms with Crippen molar-refractivity contribution in [3.63, 3.8) is 0 Å². The zero-order valence-electron chi connectivity index (χ0n) is 11.4. The molecule has 0 unspecified atom stereocenters. The number of aryl methyl sites for hydroxylation is 2. The van der Waals surface area contributed by atoms with Crippen molar-refractivity contribution in [1.29, 1.82) is 0 Å². The average Bonchev–Trinajstić information content (AvgIpc) is 2.99. The summed E-state index contributed by atoms with van der Waals surface area (Å²) in [6, 6.07) is 0.269. The van der Waals surface area contributed by atoms with Crippen LogP contribution in [0.2, 0.25) is 0 Å². The normalized spacial score (nSPS) is 20.8. The van der Waals surface area contributed by atoms with Crippen molar-refractivity contribution in [2.24, 2.45) is 0 Å². The number of oxazole rings is 1. The molecule has 19 heavy (non-hydrogen) atoms. The smallest absolute Gasteiger partial charge is 0.208 e. The van der Waals surface area contributed by atoms with Crippen molar-refractivity contribution >= 4 is 0 Å².